The van der Waals surface area contributed by atoms with E-state index in [4.69, 9.17) is 21.1 Å². The minimum absolute atomic E-state index is 0.534. The monoisotopic (exact) mass is 507 g/mol. The van der Waals surface area contributed by atoms with Gasteiger partial charge >= 0.3 is 5.97 Å². The molecule has 3 atom stereocenters. The first kappa shape index (κ1) is 31.1. The van der Waals surface area contributed by atoms with E-state index >= 15 is 0 Å². The maximum absolute atomic E-state index is 12.0. The van der Waals surface area contributed by atoms with Crippen molar-refractivity contribution in [3.8, 4) is 0 Å². The van der Waals surface area contributed by atoms with Crippen LogP contribution in [0.4, 0.5) is 0 Å². The summed E-state index contributed by atoms with van der Waals surface area (Å²) >= 11 is 0. The van der Waals surface area contributed by atoms with E-state index < -0.39 is 106 Å². The Morgan fingerprint density at radius 1 is 0.571 bits per heavy atom. The zero-order valence-corrected chi connectivity index (χ0v) is 18.4. The number of aliphatic hydroxyl groups is 3. The highest BCUT2D eigenvalue weighted by molar-refractivity contribution is 5.93. The number of nitrogens with one attached hydrogen (secondary N) is 6. The summed E-state index contributed by atoms with van der Waals surface area (Å²) in [6.45, 7) is -4.81. The first-order valence-corrected chi connectivity index (χ1v) is 9.93. The van der Waals surface area contributed by atoms with Crippen LogP contribution in [0.3, 0.4) is 0 Å². The molecule has 0 aromatic carbocycles. The molecule has 0 rings (SSSR count). The second-order valence-electron chi connectivity index (χ2n) is 6.72. The maximum atomic E-state index is 12.0. The number of carbonyl (C=O) groups is 7. The molecule has 12 N–H and O–H groups in total. The lowest BCUT2D eigenvalue weighted by molar-refractivity contribution is -0.142. The van der Waals surface area contributed by atoms with Crippen LogP contribution in [-0.4, -0.2) is 126 Å². The number of hydrogen-bond donors (Lipinski definition) is 11. The van der Waals surface area contributed by atoms with Gasteiger partial charge in [0, 0.05) is 0 Å². The normalized spacial score (nSPS) is 12.8. The second-order valence-corrected chi connectivity index (χ2v) is 6.72. The van der Waals surface area contributed by atoms with E-state index in [0.29, 0.717) is 0 Å². The Bertz CT molecular complexity index is 792. The highest BCUT2D eigenvalue weighted by Gasteiger charge is 2.22. The minimum atomic E-state index is -1.55. The second kappa shape index (κ2) is 16.7. The first-order chi connectivity index (χ1) is 16.4. The summed E-state index contributed by atoms with van der Waals surface area (Å²) in [5.74, 6) is -6.67. The van der Waals surface area contributed by atoms with Crippen LogP contribution in [0.25, 0.3) is 0 Å². The van der Waals surface area contributed by atoms with Crippen molar-refractivity contribution in [1.29, 1.82) is 0 Å². The molecule has 0 saturated carbocycles. The number of carboxylic acids is 1. The molecule has 0 aliphatic carbocycles. The van der Waals surface area contributed by atoms with Crippen molar-refractivity contribution in [3.63, 3.8) is 0 Å². The van der Waals surface area contributed by atoms with E-state index in [0.717, 1.165) is 0 Å². The minimum Gasteiger partial charge on any atom is -0.480 e. The number of carboxylic acid groups (broad SMARTS) is 1. The van der Waals surface area contributed by atoms with E-state index in [9.17, 15) is 38.7 Å². The third kappa shape index (κ3) is 13.4. The Balaban J connectivity index is 4.34. The molecule has 0 aliphatic heterocycles. The summed E-state index contributed by atoms with van der Waals surface area (Å²) < 4.78 is 0. The van der Waals surface area contributed by atoms with Crippen LogP contribution in [0.2, 0.25) is 0 Å². The number of aliphatic carboxylic acids is 1. The van der Waals surface area contributed by atoms with E-state index in [1.54, 1.807) is 0 Å². The Labute approximate surface area is 198 Å². The molecule has 0 aromatic rings. The topological polar surface area (TPSA) is 299 Å². The van der Waals surface area contributed by atoms with Crippen LogP contribution < -0.4 is 37.6 Å². The molecule has 0 saturated heterocycles. The Morgan fingerprint density at radius 2 is 0.971 bits per heavy atom. The van der Waals surface area contributed by atoms with Gasteiger partial charge in [-0.05, 0) is 0 Å². The number of hydrogen-bond acceptors (Lipinski definition) is 11. The van der Waals surface area contributed by atoms with Crippen molar-refractivity contribution in [2.24, 2.45) is 5.73 Å². The quantitative estimate of drug-likeness (QED) is 0.0928. The number of nitrogens with two attached hydrogens (primary N) is 1. The lowest BCUT2D eigenvalue weighted by atomic mass is 10.2. The summed E-state index contributed by atoms with van der Waals surface area (Å²) in [7, 11) is 0. The molecular weight excluding hydrogens is 478 g/mol. The van der Waals surface area contributed by atoms with Crippen molar-refractivity contribution in [2.45, 2.75) is 18.1 Å². The van der Waals surface area contributed by atoms with Gasteiger partial charge in [0.1, 0.15) is 18.1 Å². The number of rotatable bonds is 16. The fourth-order valence-corrected chi connectivity index (χ4v) is 2.03. The molecule has 18 heteroatoms. The van der Waals surface area contributed by atoms with Gasteiger partial charge in [-0.15, -0.1) is 0 Å². The van der Waals surface area contributed by atoms with Gasteiger partial charge in [0.15, 0.2) is 0 Å². The Kier molecular flexibility index (Phi) is 14.9. The van der Waals surface area contributed by atoms with Gasteiger partial charge in [-0.3, -0.25) is 28.8 Å². The average molecular weight is 507 g/mol. The molecule has 0 spiro atoms. The van der Waals surface area contributed by atoms with Crippen molar-refractivity contribution in [2.75, 3.05) is 46.0 Å². The summed E-state index contributed by atoms with van der Waals surface area (Å²) in [6.07, 6.45) is 0. The van der Waals surface area contributed by atoms with Gasteiger partial charge in [-0.1, -0.05) is 0 Å². The molecule has 0 bridgehead atoms. The molecule has 18 nitrogen and oxygen atoms in total. The molecule has 0 radical (unpaired) electrons. The van der Waals surface area contributed by atoms with Gasteiger partial charge in [-0.25, -0.2) is 4.79 Å². The van der Waals surface area contributed by atoms with E-state index in [1.807, 2.05) is 5.32 Å². The number of amides is 6. The third-order valence-corrected chi connectivity index (χ3v) is 3.92. The van der Waals surface area contributed by atoms with Gasteiger partial charge in [0.2, 0.25) is 35.4 Å². The standard InChI is InChI=1S/C17H29N7O11/c18-8(5-25)15(32)21-1-11(28)19-3-13(30)23-9(6-26)16(33)22-2-12(29)20-4-14(31)24-10(7-27)17(34)35/h8-10,25-27H,1-7,18H2,(H,19,28)(H,20,29)(H,21,32)(H,22,33)(H,23,30)(H,24,31)(H,34,35)/t8-,9-,10-/m0/s1. The summed E-state index contributed by atoms with van der Waals surface area (Å²) in [6, 6.07) is -4.26. The van der Waals surface area contributed by atoms with Gasteiger partial charge < -0.3 is 58.1 Å². The maximum Gasteiger partial charge on any atom is 0.328 e. The predicted octanol–water partition coefficient (Wildman–Crippen LogP) is -8.19. The smallest absolute Gasteiger partial charge is 0.328 e. The molecule has 0 unspecified atom stereocenters. The predicted molar refractivity (Wildman–Crippen MR) is 113 cm³/mol. The van der Waals surface area contributed by atoms with Crippen LogP contribution in [-0.2, 0) is 33.6 Å². The highest BCUT2D eigenvalue weighted by Crippen LogP contribution is 1.85. The third-order valence-electron chi connectivity index (χ3n) is 3.92. The molecule has 0 heterocycles. The Hall–Kier alpha value is -3.87. The molecule has 198 valence electrons. The molecule has 35 heavy (non-hydrogen) atoms. The van der Waals surface area contributed by atoms with Crippen LogP contribution in [0, 0.1) is 0 Å². The number of carbonyl (C=O) groups excluding carboxylic acids is 6. The van der Waals surface area contributed by atoms with Gasteiger partial charge in [0.25, 0.3) is 0 Å². The van der Waals surface area contributed by atoms with Gasteiger partial charge in [0.05, 0.1) is 46.0 Å². The summed E-state index contributed by atoms with van der Waals surface area (Å²) in [4.78, 5) is 80.7. The largest absolute Gasteiger partial charge is 0.480 e. The van der Waals surface area contributed by atoms with E-state index in [1.165, 1.54) is 0 Å². The zero-order chi connectivity index (χ0) is 27.0. The SMILES string of the molecule is N[C@@H](CO)C(=O)NCC(=O)NCC(=O)N[C@@H](CO)C(=O)NCC(=O)NCC(=O)N[C@@H](CO)C(=O)O. The van der Waals surface area contributed by atoms with Crippen LogP contribution in [0.15, 0.2) is 0 Å². The van der Waals surface area contributed by atoms with Crippen molar-refractivity contribution >= 4 is 41.4 Å². The lowest BCUT2D eigenvalue weighted by Gasteiger charge is -2.16. The van der Waals surface area contributed by atoms with Gasteiger partial charge in [-0.2, -0.15) is 0 Å². The van der Waals surface area contributed by atoms with Crippen molar-refractivity contribution < 1.29 is 54.0 Å². The fraction of sp³-hybridized carbons (Fsp3) is 0.588. The average Bonchev–Trinajstić information content (AvgIpc) is 2.83. The molecule has 6 amide bonds. The number of aliphatic hydroxyl groups excluding tert-OH is 3. The fourth-order valence-electron chi connectivity index (χ4n) is 2.03. The van der Waals surface area contributed by atoms with Crippen molar-refractivity contribution in [3.05, 3.63) is 0 Å². The van der Waals surface area contributed by atoms with E-state index in [-0.39, 0.29) is 0 Å². The van der Waals surface area contributed by atoms with Crippen molar-refractivity contribution in [1.82, 2.24) is 31.9 Å². The molecule has 0 aromatic heterocycles. The molecule has 0 aliphatic rings. The van der Waals surface area contributed by atoms with Crippen LogP contribution in [0.1, 0.15) is 0 Å². The molecular formula is C17H29N7O11. The van der Waals surface area contributed by atoms with Crippen LogP contribution in [0.5, 0.6) is 0 Å². The summed E-state index contributed by atoms with van der Waals surface area (Å²) in [5.41, 5.74) is 5.24. The Morgan fingerprint density at radius 3 is 1.37 bits per heavy atom. The molecule has 0 fully saturated rings. The van der Waals surface area contributed by atoms with E-state index in [2.05, 4.69) is 26.6 Å². The summed E-state index contributed by atoms with van der Waals surface area (Å²) in [5, 5.41) is 47.9. The van der Waals surface area contributed by atoms with Crippen LogP contribution >= 0.6 is 0 Å². The lowest BCUT2D eigenvalue weighted by Crippen LogP contribution is -2.53. The highest BCUT2D eigenvalue weighted by atomic mass is 16.4. The zero-order valence-electron chi connectivity index (χ0n) is 18.4. The first-order valence-electron chi connectivity index (χ1n) is 9.93.